The van der Waals surface area contributed by atoms with Crippen molar-refractivity contribution in [2.75, 3.05) is 0 Å². The van der Waals surface area contributed by atoms with Crippen molar-refractivity contribution in [3.05, 3.63) is 13.2 Å². The van der Waals surface area contributed by atoms with Crippen LogP contribution in [0.2, 0.25) is 0 Å². The average molecular weight is 121 g/mol. The fourth-order valence-corrected chi connectivity index (χ4v) is 0. The van der Waals surface area contributed by atoms with Crippen LogP contribution >= 0.6 is 24.8 Å². The average Bonchev–Trinajstić information content (AvgIpc) is 1.41. The van der Waals surface area contributed by atoms with Gasteiger partial charge in [-0.25, -0.2) is 0 Å². The van der Waals surface area contributed by atoms with Gasteiger partial charge in [-0.2, -0.15) is 0 Å². The minimum Gasteiger partial charge on any atom is -0.385 e. The summed E-state index contributed by atoms with van der Waals surface area (Å²) in [4.78, 5) is 0. The van der Waals surface area contributed by atoms with Gasteiger partial charge in [-0.1, -0.05) is 12.2 Å². The van der Waals surface area contributed by atoms with Crippen molar-refractivity contribution >= 4 is 29.2 Å². The molecule has 0 atom stereocenters. The first-order valence-electron chi connectivity index (χ1n) is 1.22. The highest BCUT2D eigenvalue weighted by Gasteiger charge is 1.55. The summed E-state index contributed by atoms with van der Waals surface area (Å²) in [6.45, 7) is 6.00. The van der Waals surface area contributed by atoms with E-state index in [0.717, 1.165) is 0 Å². The lowest BCUT2D eigenvalue weighted by molar-refractivity contribution is 1.91. The maximum Gasteiger partial charge on any atom is 0.128 e. The molecule has 2 N–H and O–H groups in total. The fraction of sp³-hybridized carbons (Fsp3) is 0. The molecular formula is C3H7NS2. The van der Waals surface area contributed by atoms with E-state index in [9.17, 15) is 0 Å². The van der Waals surface area contributed by atoms with E-state index >= 15 is 0 Å². The minimum absolute atomic E-state index is 0.194. The summed E-state index contributed by atoms with van der Waals surface area (Å²) < 4.78 is 0.194. The Morgan fingerprint density at radius 3 is 1.67 bits per heavy atom. The summed E-state index contributed by atoms with van der Waals surface area (Å²) in [7, 11) is 0. The number of hydrogen-bond acceptors (Lipinski definition) is 1. The lowest BCUT2D eigenvalue weighted by Gasteiger charge is -1.64. The van der Waals surface area contributed by atoms with Crippen LogP contribution in [0.1, 0.15) is 0 Å². The van der Waals surface area contributed by atoms with Crippen molar-refractivity contribution in [1.82, 2.24) is 0 Å². The molecule has 0 fully saturated rings. The molecule has 3 heteroatoms. The van der Waals surface area contributed by atoms with Crippen molar-refractivity contribution < 1.29 is 0 Å². The van der Waals surface area contributed by atoms with E-state index < -0.39 is 0 Å². The van der Waals surface area contributed by atoms with Gasteiger partial charge >= 0.3 is 0 Å². The quantitative estimate of drug-likeness (QED) is 0.284. The standard InChI is InChI=1S/C2H4.CH3NS2/c1-2;2-1(3)4/h1-2H2;(H3,2,3,4). The van der Waals surface area contributed by atoms with E-state index in [0.29, 0.717) is 0 Å². The molecule has 0 aromatic rings. The summed E-state index contributed by atoms with van der Waals surface area (Å²) >= 11 is 7.65. The predicted molar refractivity (Wildman–Crippen MR) is 37.0 cm³/mol. The highest BCUT2D eigenvalue weighted by molar-refractivity contribution is 8.10. The van der Waals surface area contributed by atoms with E-state index in [-0.39, 0.29) is 4.32 Å². The number of nitrogens with two attached hydrogens (primary N) is 1. The van der Waals surface area contributed by atoms with Gasteiger partial charge < -0.3 is 5.73 Å². The molecule has 0 heterocycles. The van der Waals surface area contributed by atoms with Crippen LogP contribution in [0.5, 0.6) is 0 Å². The number of hydrogen-bond donors (Lipinski definition) is 2. The van der Waals surface area contributed by atoms with Crippen molar-refractivity contribution in [1.29, 1.82) is 0 Å². The molecule has 0 aromatic carbocycles. The Morgan fingerprint density at radius 1 is 1.67 bits per heavy atom. The summed E-state index contributed by atoms with van der Waals surface area (Å²) in [6.07, 6.45) is 0. The molecule has 0 saturated heterocycles. The van der Waals surface area contributed by atoms with Gasteiger partial charge in [0.2, 0.25) is 0 Å². The van der Waals surface area contributed by atoms with Crippen LogP contribution < -0.4 is 5.73 Å². The zero-order chi connectivity index (χ0) is 5.58. The molecule has 36 valence electrons. The first-order chi connectivity index (χ1) is 2.73. The smallest absolute Gasteiger partial charge is 0.128 e. The highest BCUT2D eigenvalue weighted by Crippen LogP contribution is 1.63. The van der Waals surface area contributed by atoms with E-state index in [2.05, 4.69) is 38.0 Å². The van der Waals surface area contributed by atoms with Gasteiger partial charge in [0.05, 0.1) is 0 Å². The van der Waals surface area contributed by atoms with E-state index in [1.54, 1.807) is 0 Å². The van der Waals surface area contributed by atoms with Crippen molar-refractivity contribution in [2.45, 2.75) is 0 Å². The van der Waals surface area contributed by atoms with Gasteiger partial charge in [-0.3, -0.25) is 0 Å². The molecule has 6 heavy (non-hydrogen) atoms. The molecule has 0 rings (SSSR count). The number of rotatable bonds is 0. The summed E-state index contributed by atoms with van der Waals surface area (Å²) in [6, 6.07) is 0. The van der Waals surface area contributed by atoms with Crippen LogP contribution in [0.25, 0.3) is 0 Å². The lowest BCUT2D eigenvalue weighted by atomic mass is 11.3. The van der Waals surface area contributed by atoms with Gasteiger partial charge in [-0.05, 0) is 0 Å². The SMILES string of the molecule is C=C.NC(=S)S. The minimum atomic E-state index is 0.194. The molecule has 1 nitrogen and oxygen atoms in total. The second-order valence-corrected chi connectivity index (χ2v) is 1.56. The molecule has 0 saturated carbocycles. The Hall–Kier alpha value is -0.0200. The second kappa shape index (κ2) is 8.88. The largest absolute Gasteiger partial charge is 0.385 e. The Bertz CT molecular complexity index is 40.1. The Kier molecular flexibility index (Phi) is 13.9. The molecule has 0 aromatic heterocycles. The van der Waals surface area contributed by atoms with Crippen LogP contribution in [0.15, 0.2) is 13.2 Å². The molecule has 0 aliphatic carbocycles. The Labute approximate surface area is 48.6 Å². The van der Waals surface area contributed by atoms with Crippen LogP contribution in [-0.4, -0.2) is 4.32 Å². The maximum atomic E-state index is 4.71. The first-order valence-corrected chi connectivity index (χ1v) is 2.07. The number of thiocarbonyl (C=S) groups is 1. The summed E-state index contributed by atoms with van der Waals surface area (Å²) in [5.74, 6) is 0. The van der Waals surface area contributed by atoms with Crippen LogP contribution in [0.3, 0.4) is 0 Å². The first kappa shape index (κ1) is 9.36. The third-order valence-electron chi connectivity index (χ3n) is 0. The Morgan fingerprint density at radius 2 is 1.67 bits per heavy atom. The van der Waals surface area contributed by atoms with Gasteiger partial charge in [0, 0.05) is 0 Å². The van der Waals surface area contributed by atoms with Crippen LogP contribution in [-0.2, 0) is 0 Å². The van der Waals surface area contributed by atoms with Crippen LogP contribution in [0.4, 0.5) is 0 Å². The third kappa shape index (κ3) is 88400. The number of thiol groups is 1. The fourth-order valence-electron chi connectivity index (χ4n) is 0. The van der Waals surface area contributed by atoms with E-state index in [1.165, 1.54) is 0 Å². The van der Waals surface area contributed by atoms with Gasteiger partial charge in [0.1, 0.15) is 4.32 Å². The molecule has 0 aliphatic heterocycles. The summed E-state index contributed by atoms with van der Waals surface area (Å²) in [5.41, 5.74) is 4.71. The molecular weight excluding hydrogens is 114 g/mol. The van der Waals surface area contributed by atoms with Gasteiger partial charge in [0.15, 0.2) is 0 Å². The third-order valence-corrected chi connectivity index (χ3v) is 0. The van der Waals surface area contributed by atoms with Crippen molar-refractivity contribution in [3.63, 3.8) is 0 Å². The monoisotopic (exact) mass is 121 g/mol. The zero-order valence-corrected chi connectivity index (χ0v) is 5.06. The van der Waals surface area contributed by atoms with E-state index in [1.807, 2.05) is 0 Å². The molecule has 0 spiro atoms. The zero-order valence-electron chi connectivity index (χ0n) is 3.35. The molecule has 0 aliphatic rings. The predicted octanol–water partition coefficient (Wildman–Crippen LogP) is 0.962. The van der Waals surface area contributed by atoms with E-state index in [4.69, 9.17) is 5.73 Å². The molecule has 0 amide bonds. The normalized spacial score (nSPS) is 4.83. The van der Waals surface area contributed by atoms with Crippen molar-refractivity contribution in [3.8, 4) is 0 Å². The summed E-state index contributed by atoms with van der Waals surface area (Å²) in [5, 5.41) is 0. The molecule has 0 unspecified atom stereocenters. The maximum absolute atomic E-state index is 4.71. The molecule has 0 radical (unpaired) electrons. The van der Waals surface area contributed by atoms with Gasteiger partial charge in [-0.15, -0.1) is 25.8 Å². The second-order valence-electron chi connectivity index (χ2n) is 0.338. The highest BCUT2D eigenvalue weighted by atomic mass is 32.1. The van der Waals surface area contributed by atoms with Crippen LogP contribution in [0, 0.1) is 0 Å². The lowest BCUT2D eigenvalue weighted by Crippen LogP contribution is -1.94. The van der Waals surface area contributed by atoms with Crippen molar-refractivity contribution in [2.24, 2.45) is 5.73 Å². The van der Waals surface area contributed by atoms with Gasteiger partial charge in [0.25, 0.3) is 0 Å². The Balaban J connectivity index is 0. The molecule has 0 bridgehead atoms. The topological polar surface area (TPSA) is 26.0 Å².